The fourth-order valence-corrected chi connectivity index (χ4v) is 4.17. The van der Waals surface area contributed by atoms with Crippen molar-refractivity contribution in [3.63, 3.8) is 0 Å². The van der Waals surface area contributed by atoms with E-state index in [4.69, 9.17) is 10.7 Å². The van der Waals surface area contributed by atoms with Gasteiger partial charge in [0.15, 0.2) is 0 Å². The van der Waals surface area contributed by atoms with Crippen molar-refractivity contribution in [1.29, 1.82) is 0 Å². The van der Waals surface area contributed by atoms with E-state index in [9.17, 15) is 0 Å². The van der Waals surface area contributed by atoms with Crippen molar-refractivity contribution >= 4 is 11.3 Å². The van der Waals surface area contributed by atoms with Crippen LogP contribution in [0.1, 0.15) is 62.0 Å². The molecule has 2 rings (SSSR count). The molecule has 1 aromatic rings. The molecule has 1 heterocycles. The second-order valence-corrected chi connectivity index (χ2v) is 7.32. The lowest BCUT2D eigenvalue weighted by molar-refractivity contribution is 0.195. The Kier molecular flexibility index (Phi) is 4.12. The van der Waals surface area contributed by atoms with Gasteiger partial charge in [0.2, 0.25) is 0 Å². The van der Waals surface area contributed by atoms with Crippen molar-refractivity contribution in [1.82, 2.24) is 4.98 Å². The van der Waals surface area contributed by atoms with Crippen LogP contribution in [-0.2, 0) is 12.0 Å². The van der Waals surface area contributed by atoms with Gasteiger partial charge in [-0.1, -0.05) is 20.8 Å². The summed E-state index contributed by atoms with van der Waals surface area (Å²) in [5.74, 6) is 1.65. The molecular formula is C15H26N2S. The molecular weight excluding hydrogens is 240 g/mol. The van der Waals surface area contributed by atoms with E-state index in [1.165, 1.54) is 28.4 Å². The second-order valence-electron chi connectivity index (χ2n) is 6.11. The fourth-order valence-electron chi connectivity index (χ4n) is 3.00. The topological polar surface area (TPSA) is 38.9 Å². The number of hydrogen-bond acceptors (Lipinski definition) is 3. The Morgan fingerprint density at radius 3 is 2.44 bits per heavy atom. The van der Waals surface area contributed by atoms with Gasteiger partial charge in [0.05, 0.1) is 11.2 Å². The molecule has 0 amide bonds. The van der Waals surface area contributed by atoms with Crippen molar-refractivity contribution in [3.8, 4) is 0 Å². The van der Waals surface area contributed by atoms with Gasteiger partial charge in [0, 0.05) is 4.88 Å². The Balaban J connectivity index is 2.13. The normalized spacial score (nSPS) is 28.9. The average molecular weight is 266 g/mol. The molecule has 18 heavy (non-hydrogen) atoms. The van der Waals surface area contributed by atoms with Gasteiger partial charge >= 0.3 is 0 Å². The first-order valence-corrected chi connectivity index (χ1v) is 8.03. The standard InChI is InChI=1S/C15H26N2S/c1-5-13-11(4)18-14(17-13)15(16)8-6-12(7-9-15)10(2)3/h10,12H,5-9,16H2,1-4H3. The van der Waals surface area contributed by atoms with Crippen LogP contribution in [0.3, 0.4) is 0 Å². The molecule has 0 aliphatic heterocycles. The third-order valence-electron chi connectivity index (χ3n) is 4.52. The highest BCUT2D eigenvalue weighted by Gasteiger charge is 2.36. The molecule has 2 N–H and O–H groups in total. The predicted octanol–water partition coefficient (Wildman–Crippen LogP) is 4.01. The zero-order valence-electron chi connectivity index (χ0n) is 12.1. The van der Waals surface area contributed by atoms with E-state index in [2.05, 4.69) is 27.7 Å². The summed E-state index contributed by atoms with van der Waals surface area (Å²) in [6, 6.07) is 0. The Bertz CT molecular complexity index is 401. The third kappa shape index (κ3) is 2.62. The van der Waals surface area contributed by atoms with Gasteiger partial charge in [-0.3, -0.25) is 0 Å². The summed E-state index contributed by atoms with van der Waals surface area (Å²) >= 11 is 1.82. The molecule has 0 atom stereocenters. The highest BCUT2D eigenvalue weighted by molar-refractivity contribution is 7.11. The summed E-state index contributed by atoms with van der Waals surface area (Å²) in [4.78, 5) is 6.14. The van der Waals surface area contributed by atoms with Crippen LogP contribution in [0.4, 0.5) is 0 Å². The van der Waals surface area contributed by atoms with Gasteiger partial charge in [-0.05, 0) is 50.9 Å². The minimum atomic E-state index is -0.145. The van der Waals surface area contributed by atoms with Crippen LogP contribution in [0.2, 0.25) is 0 Å². The van der Waals surface area contributed by atoms with Crippen LogP contribution < -0.4 is 5.73 Å². The molecule has 102 valence electrons. The molecule has 0 unspecified atom stereocenters. The third-order valence-corrected chi connectivity index (χ3v) is 5.75. The maximum atomic E-state index is 6.63. The first kappa shape index (κ1) is 14.0. The zero-order chi connectivity index (χ0) is 13.3. The number of nitrogens with two attached hydrogens (primary N) is 1. The maximum Gasteiger partial charge on any atom is 0.113 e. The second kappa shape index (κ2) is 5.30. The summed E-state index contributed by atoms with van der Waals surface area (Å²) in [6.45, 7) is 9.00. The lowest BCUT2D eigenvalue weighted by Gasteiger charge is -2.37. The Hall–Kier alpha value is -0.410. The Morgan fingerprint density at radius 2 is 2.00 bits per heavy atom. The van der Waals surface area contributed by atoms with E-state index in [0.29, 0.717) is 0 Å². The van der Waals surface area contributed by atoms with Crippen LogP contribution >= 0.6 is 11.3 Å². The number of rotatable bonds is 3. The number of aryl methyl sites for hydroxylation is 2. The van der Waals surface area contributed by atoms with Crippen molar-refractivity contribution in [3.05, 3.63) is 15.6 Å². The van der Waals surface area contributed by atoms with E-state index in [1.54, 1.807) is 0 Å². The minimum Gasteiger partial charge on any atom is -0.319 e. The van der Waals surface area contributed by atoms with Crippen LogP contribution in [0.15, 0.2) is 0 Å². The number of aromatic nitrogens is 1. The molecule has 1 aliphatic carbocycles. The Labute approximate surface area is 115 Å². The number of nitrogens with zero attached hydrogens (tertiary/aromatic N) is 1. The molecule has 0 aromatic carbocycles. The monoisotopic (exact) mass is 266 g/mol. The van der Waals surface area contributed by atoms with E-state index < -0.39 is 0 Å². The van der Waals surface area contributed by atoms with Crippen molar-refractivity contribution < 1.29 is 0 Å². The van der Waals surface area contributed by atoms with Gasteiger partial charge < -0.3 is 5.73 Å². The largest absolute Gasteiger partial charge is 0.319 e. The molecule has 1 fully saturated rings. The molecule has 0 saturated heterocycles. The molecule has 1 aliphatic rings. The van der Waals surface area contributed by atoms with E-state index >= 15 is 0 Å². The van der Waals surface area contributed by atoms with Crippen molar-refractivity contribution in [2.45, 2.75) is 65.3 Å². The summed E-state index contributed by atoms with van der Waals surface area (Å²) in [5, 5.41) is 1.18. The fraction of sp³-hybridized carbons (Fsp3) is 0.800. The lowest BCUT2D eigenvalue weighted by Crippen LogP contribution is -2.41. The van der Waals surface area contributed by atoms with Crippen molar-refractivity contribution in [2.75, 3.05) is 0 Å². The zero-order valence-corrected chi connectivity index (χ0v) is 12.9. The predicted molar refractivity (Wildman–Crippen MR) is 78.9 cm³/mol. The number of thiazole rings is 1. The average Bonchev–Trinajstić information content (AvgIpc) is 2.72. The van der Waals surface area contributed by atoms with Gasteiger partial charge in [0.1, 0.15) is 5.01 Å². The van der Waals surface area contributed by atoms with Gasteiger partial charge in [-0.15, -0.1) is 11.3 Å². The molecule has 1 aromatic heterocycles. The molecule has 2 nitrogen and oxygen atoms in total. The quantitative estimate of drug-likeness (QED) is 0.897. The van der Waals surface area contributed by atoms with Crippen LogP contribution in [0.5, 0.6) is 0 Å². The van der Waals surface area contributed by atoms with Crippen LogP contribution in [0.25, 0.3) is 0 Å². The first-order valence-electron chi connectivity index (χ1n) is 7.22. The van der Waals surface area contributed by atoms with Gasteiger partial charge in [0.25, 0.3) is 0 Å². The molecule has 0 spiro atoms. The Morgan fingerprint density at radius 1 is 1.39 bits per heavy atom. The van der Waals surface area contributed by atoms with Crippen LogP contribution in [-0.4, -0.2) is 4.98 Å². The molecule has 0 bridgehead atoms. The van der Waals surface area contributed by atoms with Crippen LogP contribution in [0, 0.1) is 18.8 Å². The SMILES string of the molecule is CCc1nc(C2(N)CCC(C(C)C)CC2)sc1C. The van der Waals surface area contributed by atoms with E-state index in [-0.39, 0.29) is 5.54 Å². The molecule has 0 radical (unpaired) electrons. The summed E-state index contributed by atoms with van der Waals surface area (Å²) in [6.07, 6.45) is 5.74. The lowest BCUT2D eigenvalue weighted by atomic mass is 9.73. The van der Waals surface area contributed by atoms with E-state index in [0.717, 1.165) is 31.1 Å². The van der Waals surface area contributed by atoms with Gasteiger partial charge in [-0.2, -0.15) is 0 Å². The first-order chi connectivity index (χ1) is 8.46. The highest BCUT2D eigenvalue weighted by atomic mass is 32.1. The van der Waals surface area contributed by atoms with Crippen molar-refractivity contribution in [2.24, 2.45) is 17.6 Å². The molecule has 1 saturated carbocycles. The highest BCUT2D eigenvalue weighted by Crippen LogP contribution is 2.41. The maximum absolute atomic E-state index is 6.63. The number of hydrogen-bond donors (Lipinski definition) is 1. The van der Waals surface area contributed by atoms with E-state index in [1.807, 2.05) is 11.3 Å². The summed E-state index contributed by atoms with van der Waals surface area (Å²) in [5.41, 5.74) is 7.72. The summed E-state index contributed by atoms with van der Waals surface area (Å²) in [7, 11) is 0. The molecule has 3 heteroatoms. The minimum absolute atomic E-state index is 0.145. The summed E-state index contributed by atoms with van der Waals surface area (Å²) < 4.78 is 0. The van der Waals surface area contributed by atoms with Gasteiger partial charge in [-0.25, -0.2) is 4.98 Å². The smallest absolute Gasteiger partial charge is 0.113 e.